The zero-order chi connectivity index (χ0) is 16.1. The predicted octanol–water partition coefficient (Wildman–Crippen LogP) is -1.08. The van der Waals surface area contributed by atoms with E-state index in [-0.39, 0.29) is 12.8 Å². The highest BCUT2D eigenvalue weighted by atomic mass is 16.6. The molecule has 8 nitrogen and oxygen atoms in total. The third-order valence-corrected chi connectivity index (χ3v) is 3.28. The van der Waals surface area contributed by atoms with Gasteiger partial charge in [0.25, 0.3) is 0 Å². The van der Waals surface area contributed by atoms with Crippen molar-refractivity contribution in [2.45, 2.75) is 37.3 Å². The summed E-state index contributed by atoms with van der Waals surface area (Å²) in [5.41, 5.74) is 5.70. The molecular weight excluding hydrogens is 292 g/mol. The van der Waals surface area contributed by atoms with Crippen molar-refractivity contribution in [3.8, 4) is 0 Å². The molecule has 0 spiro atoms. The zero-order valence-electron chi connectivity index (χ0n) is 11.7. The Morgan fingerprint density at radius 1 is 1.32 bits per heavy atom. The molecule has 1 heterocycles. The van der Waals surface area contributed by atoms with Crippen LogP contribution >= 0.6 is 0 Å². The lowest BCUT2D eigenvalue weighted by molar-refractivity contribution is -0.153. The number of carbonyl (C=O) groups excluding carboxylic acids is 2. The van der Waals surface area contributed by atoms with Gasteiger partial charge >= 0.3 is 5.97 Å². The number of benzene rings is 1. The van der Waals surface area contributed by atoms with E-state index >= 15 is 0 Å². The molecule has 0 saturated carbocycles. The molecule has 0 aromatic heterocycles. The van der Waals surface area contributed by atoms with Gasteiger partial charge in [0, 0.05) is 6.42 Å². The van der Waals surface area contributed by atoms with Crippen LogP contribution in [0, 0.1) is 0 Å². The maximum Gasteiger partial charge on any atom is 0.335 e. The van der Waals surface area contributed by atoms with Crippen LogP contribution in [0.15, 0.2) is 30.3 Å². The van der Waals surface area contributed by atoms with Gasteiger partial charge in [-0.1, -0.05) is 18.2 Å². The van der Waals surface area contributed by atoms with E-state index in [4.69, 9.17) is 4.74 Å². The van der Waals surface area contributed by atoms with Crippen LogP contribution in [-0.4, -0.2) is 51.6 Å². The first-order valence-electron chi connectivity index (χ1n) is 6.82. The second-order valence-electron chi connectivity index (χ2n) is 5.03. The summed E-state index contributed by atoms with van der Waals surface area (Å²) in [6.45, 7) is 0. The number of rotatable bonds is 6. The molecule has 120 valence electrons. The molecule has 0 bridgehead atoms. The quantitative estimate of drug-likeness (QED) is 0.334. The van der Waals surface area contributed by atoms with Gasteiger partial charge in [-0.25, -0.2) is 4.79 Å². The van der Waals surface area contributed by atoms with Crippen molar-refractivity contribution >= 4 is 17.6 Å². The van der Waals surface area contributed by atoms with Crippen LogP contribution in [-0.2, 0) is 14.3 Å². The molecule has 22 heavy (non-hydrogen) atoms. The van der Waals surface area contributed by atoms with Crippen LogP contribution < -0.4 is 10.9 Å². The Labute approximate surface area is 126 Å². The molecule has 4 atom stereocenters. The Hall–Kier alpha value is -2.16. The lowest BCUT2D eigenvalue weighted by atomic mass is 10.0. The maximum absolute atomic E-state index is 11.7. The van der Waals surface area contributed by atoms with Gasteiger partial charge in [-0.05, 0) is 12.1 Å². The lowest BCUT2D eigenvalue weighted by Gasteiger charge is -2.22. The van der Waals surface area contributed by atoms with E-state index in [1.807, 2.05) is 6.07 Å². The molecule has 0 radical (unpaired) electrons. The first-order valence-corrected chi connectivity index (χ1v) is 6.82. The van der Waals surface area contributed by atoms with Gasteiger partial charge in [-0.3, -0.25) is 15.6 Å². The number of nitrogens with one attached hydrogen (secondary N) is 2. The second-order valence-corrected chi connectivity index (χ2v) is 5.03. The number of para-hydroxylation sites is 1. The smallest absolute Gasteiger partial charge is 0.335 e. The van der Waals surface area contributed by atoms with Crippen molar-refractivity contribution in [3.05, 3.63) is 30.3 Å². The van der Waals surface area contributed by atoms with E-state index in [1.165, 1.54) is 0 Å². The average Bonchev–Trinajstić information content (AvgIpc) is 2.85. The standard InChI is InChI=1S/C14H18N2O6/c17-9(13(20)11-6-10(18)14(21)22-11)7-12(19)16-15-8-4-2-1-3-5-8/h1-5,9-11,13,15,17-18,20H,6-7H2,(H,16,19)/t9-,10+,11-,13-/m1/s1. The van der Waals surface area contributed by atoms with Crippen molar-refractivity contribution in [2.75, 3.05) is 5.43 Å². The summed E-state index contributed by atoms with van der Waals surface area (Å²) < 4.78 is 4.72. The summed E-state index contributed by atoms with van der Waals surface area (Å²) in [6.07, 6.45) is -5.68. The van der Waals surface area contributed by atoms with Crippen LogP contribution in [0.3, 0.4) is 0 Å². The number of hydrazine groups is 1. The maximum atomic E-state index is 11.7. The molecule has 1 fully saturated rings. The molecule has 2 rings (SSSR count). The van der Waals surface area contributed by atoms with E-state index in [0.29, 0.717) is 5.69 Å². The van der Waals surface area contributed by atoms with Crippen LogP contribution in [0.5, 0.6) is 0 Å². The summed E-state index contributed by atoms with van der Waals surface area (Å²) in [4.78, 5) is 22.7. The Morgan fingerprint density at radius 2 is 2.00 bits per heavy atom. The third-order valence-electron chi connectivity index (χ3n) is 3.28. The summed E-state index contributed by atoms with van der Waals surface area (Å²) in [5.74, 6) is -1.38. The zero-order valence-corrected chi connectivity index (χ0v) is 11.7. The molecule has 8 heteroatoms. The summed E-state index contributed by atoms with van der Waals surface area (Å²) in [6, 6.07) is 8.87. The second kappa shape index (κ2) is 7.21. The molecule has 1 amide bonds. The Balaban J connectivity index is 1.77. The summed E-state index contributed by atoms with van der Waals surface area (Å²) >= 11 is 0. The Morgan fingerprint density at radius 3 is 2.59 bits per heavy atom. The number of carbonyl (C=O) groups is 2. The van der Waals surface area contributed by atoms with Gasteiger partial charge < -0.3 is 20.1 Å². The molecular formula is C14H18N2O6. The molecule has 0 aliphatic carbocycles. The van der Waals surface area contributed by atoms with Crippen molar-refractivity contribution in [2.24, 2.45) is 0 Å². The molecule has 1 saturated heterocycles. The number of cyclic esters (lactones) is 1. The van der Waals surface area contributed by atoms with Gasteiger partial charge in [0.2, 0.25) is 5.91 Å². The number of hydrogen-bond donors (Lipinski definition) is 5. The van der Waals surface area contributed by atoms with Gasteiger partial charge in [-0.2, -0.15) is 0 Å². The predicted molar refractivity (Wildman–Crippen MR) is 75.3 cm³/mol. The third kappa shape index (κ3) is 4.17. The summed E-state index contributed by atoms with van der Waals surface area (Å²) in [7, 11) is 0. The SMILES string of the molecule is O=C(C[C@@H](O)[C@@H](O)[C@H]1C[C@H](O)C(=O)O1)NNc1ccccc1. The van der Waals surface area contributed by atoms with Crippen LogP contribution in [0.1, 0.15) is 12.8 Å². The largest absolute Gasteiger partial charge is 0.457 e. The highest BCUT2D eigenvalue weighted by molar-refractivity contribution is 5.78. The van der Waals surface area contributed by atoms with Gasteiger partial charge in [0.15, 0.2) is 6.10 Å². The Bertz CT molecular complexity index is 523. The van der Waals surface area contributed by atoms with E-state index in [1.54, 1.807) is 24.3 Å². The number of anilines is 1. The van der Waals surface area contributed by atoms with Crippen molar-refractivity contribution in [3.63, 3.8) is 0 Å². The highest BCUT2D eigenvalue weighted by Crippen LogP contribution is 2.20. The Kier molecular flexibility index (Phi) is 5.31. The molecule has 1 aliphatic heterocycles. The van der Waals surface area contributed by atoms with Gasteiger partial charge in [0.1, 0.15) is 12.2 Å². The number of ether oxygens (including phenoxy) is 1. The monoisotopic (exact) mass is 310 g/mol. The minimum atomic E-state index is -1.44. The molecule has 1 aromatic carbocycles. The normalized spacial score (nSPS) is 23.5. The van der Waals surface area contributed by atoms with Crippen molar-refractivity contribution < 1.29 is 29.6 Å². The summed E-state index contributed by atoms with van der Waals surface area (Å²) in [5, 5.41) is 28.9. The van der Waals surface area contributed by atoms with Crippen LogP contribution in [0.4, 0.5) is 5.69 Å². The molecule has 5 N–H and O–H groups in total. The fourth-order valence-electron chi connectivity index (χ4n) is 2.07. The van der Waals surface area contributed by atoms with Crippen LogP contribution in [0.25, 0.3) is 0 Å². The first-order chi connectivity index (χ1) is 10.5. The fraction of sp³-hybridized carbons (Fsp3) is 0.429. The number of aliphatic hydroxyl groups excluding tert-OH is 3. The van der Waals surface area contributed by atoms with Crippen molar-refractivity contribution in [1.29, 1.82) is 0 Å². The molecule has 0 unspecified atom stereocenters. The minimum Gasteiger partial charge on any atom is -0.457 e. The lowest BCUT2D eigenvalue weighted by Crippen LogP contribution is -2.41. The minimum absolute atomic E-state index is 0.110. The fourth-order valence-corrected chi connectivity index (χ4v) is 2.07. The topological polar surface area (TPSA) is 128 Å². The number of hydrogen-bond acceptors (Lipinski definition) is 7. The number of esters is 1. The van der Waals surface area contributed by atoms with E-state index in [2.05, 4.69) is 10.9 Å². The van der Waals surface area contributed by atoms with E-state index < -0.39 is 36.3 Å². The highest BCUT2D eigenvalue weighted by Gasteiger charge is 2.40. The molecule has 1 aromatic rings. The number of aliphatic hydroxyl groups is 3. The number of amides is 1. The van der Waals surface area contributed by atoms with Crippen molar-refractivity contribution in [1.82, 2.24) is 5.43 Å². The molecule has 1 aliphatic rings. The van der Waals surface area contributed by atoms with E-state index in [9.17, 15) is 24.9 Å². The van der Waals surface area contributed by atoms with E-state index in [0.717, 1.165) is 0 Å². The van der Waals surface area contributed by atoms with Gasteiger partial charge in [0.05, 0.1) is 18.2 Å². The first kappa shape index (κ1) is 16.2. The van der Waals surface area contributed by atoms with Gasteiger partial charge in [-0.15, -0.1) is 0 Å². The van der Waals surface area contributed by atoms with Crippen LogP contribution in [0.2, 0.25) is 0 Å². The average molecular weight is 310 g/mol.